The number of carbonyl (C=O) groups is 1. The van der Waals surface area contributed by atoms with Crippen LogP contribution in [0.4, 0.5) is 0 Å². The van der Waals surface area contributed by atoms with Gasteiger partial charge in [0.25, 0.3) is 0 Å². The van der Waals surface area contributed by atoms with E-state index in [1.165, 1.54) is 5.56 Å². The zero-order valence-corrected chi connectivity index (χ0v) is 16.0. The molecule has 3 fully saturated rings. The maximum absolute atomic E-state index is 13.3. The summed E-state index contributed by atoms with van der Waals surface area (Å²) < 4.78 is 6.30. The molecule has 0 saturated carbocycles. The zero-order chi connectivity index (χ0) is 18.0. The quantitative estimate of drug-likeness (QED) is 0.827. The van der Waals surface area contributed by atoms with Crippen LogP contribution in [0.2, 0.25) is 0 Å². The molecule has 4 heteroatoms. The summed E-state index contributed by atoms with van der Waals surface area (Å²) in [7, 11) is 0. The minimum Gasteiger partial charge on any atom is -0.353 e. The summed E-state index contributed by atoms with van der Waals surface area (Å²) in [5.74, 6) is 0.632. The minimum absolute atomic E-state index is 0.0447. The number of hydrogen-bond donors (Lipinski definition) is 0. The van der Waals surface area contributed by atoms with Crippen molar-refractivity contribution in [2.75, 3.05) is 19.7 Å². The van der Waals surface area contributed by atoms with Crippen LogP contribution in [0.15, 0.2) is 30.3 Å². The molecule has 136 valence electrons. The average Bonchev–Trinajstić information content (AvgIpc) is 3.20. The monoisotopic (exact) mass is 342 g/mol. The molecule has 4 rings (SSSR count). The van der Waals surface area contributed by atoms with Crippen molar-refractivity contribution in [3.8, 4) is 0 Å². The van der Waals surface area contributed by atoms with Crippen LogP contribution in [0.3, 0.4) is 0 Å². The lowest BCUT2D eigenvalue weighted by Gasteiger charge is -2.39. The van der Waals surface area contributed by atoms with Gasteiger partial charge in [-0.05, 0) is 24.8 Å². The fourth-order valence-corrected chi connectivity index (χ4v) is 5.06. The first-order valence-electron chi connectivity index (χ1n) is 9.49. The first kappa shape index (κ1) is 17.0. The van der Waals surface area contributed by atoms with Gasteiger partial charge in [-0.15, -0.1) is 0 Å². The van der Waals surface area contributed by atoms with Crippen LogP contribution in [0.1, 0.15) is 46.2 Å². The smallest absolute Gasteiger partial charge is 0.230 e. The first-order valence-corrected chi connectivity index (χ1v) is 9.49. The second-order valence-corrected chi connectivity index (χ2v) is 9.21. The molecule has 3 heterocycles. The molecule has 5 atom stereocenters. The van der Waals surface area contributed by atoms with Crippen LogP contribution in [-0.2, 0) is 9.53 Å². The lowest BCUT2D eigenvalue weighted by atomic mass is 9.86. The molecule has 3 aliphatic rings. The van der Waals surface area contributed by atoms with Gasteiger partial charge in [0.05, 0.1) is 18.6 Å². The Balaban J connectivity index is 1.58. The van der Waals surface area contributed by atoms with Gasteiger partial charge in [0, 0.05) is 25.0 Å². The highest BCUT2D eigenvalue weighted by Crippen LogP contribution is 2.52. The van der Waals surface area contributed by atoms with E-state index in [0.717, 1.165) is 13.1 Å². The number of likely N-dealkylation sites (tertiary alicyclic amines) is 1. The zero-order valence-electron chi connectivity index (χ0n) is 16.0. The van der Waals surface area contributed by atoms with Crippen LogP contribution in [0, 0.1) is 17.3 Å². The van der Waals surface area contributed by atoms with Crippen LogP contribution in [-0.4, -0.2) is 47.2 Å². The molecule has 0 N–H and O–H groups in total. The molecule has 3 saturated heterocycles. The Morgan fingerprint density at radius 2 is 1.88 bits per heavy atom. The average molecular weight is 342 g/mol. The van der Waals surface area contributed by atoms with E-state index in [1.807, 2.05) is 0 Å². The number of benzene rings is 1. The van der Waals surface area contributed by atoms with Gasteiger partial charge in [0.2, 0.25) is 5.91 Å². The topological polar surface area (TPSA) is 32.8 Å². The summed E-state index contributed by atoms with van der Waals surface area (Å²) in [5, 5.41) is 0. The molecule has 0 spiro atoms. The van der Waals surface area contributed by atoms with E-state index in [1.54, 1.807) is 0 Å². The number of hydrogen-bond acceptors (Lipinski definition) is 3. The van der Waals surface area contributed by atoms with Crippen molar-refractivity contribution in [3.63, 3.8) is 0 Å². The maximum atomic E-state index is 13.3. The van der Waals surface area contributed by atoms with Crippen LogP contribution in [0.25, 0.3) is 0 Å². The molecule has 4 nitrogen and oxygen atoms in total. The molecule has 0 radical (unpaired) electrons. The summed E-state index contributed by atoms with van der Waals surface area (Å²) in [6.45, 7) is 13.4. The van der Waals surface area contributed by atoms with E-state index in [2.05, 4.69) is 74.8 Å². The molecule has 0 aliphatic carbocycles. The normalized spacial score (nSPS) is 36.6. The van der Waals surface area contributed by atoms with Crippen molar-refractivity contribution in [1.29, 1.82) is 0 Å². The van der Waals surface area contributed by atoms with Crippen molar-refractivity contribution < 1.29 is 9.53 Å². The second kappa shape index (κ2) is 5.55. The van der Waals surface area contributed by atoms with E-state index < -0.39 is 5.72 Å². The number of nitrogens with zero attached hydrogens (tertiary/aromatic N) is 2. The fraction of sp³-hybridized carbons (Fsp3) is 0.667. The van der Waals surface area contributed by atoms with Crippen molar-refractivity contribution in [2.24, 2.45) is 17.3 Å². The Kier molecular flexibility index (Phi) is 3.79. The van der Waals surface area contributed by atoms with Crippen molar-refractivity contribution >= 4 is 5.91 Å². The van der Waals surface area contributed by atoms with Gasteiger partial charge in [-0.2, -0.15) is 0 Å². The van der Waals surface area contributed by atoms with Gasteiger partial charge >= 0.3 is 0 Å². The lowest BCUT2D eigenvalue weighted by molar-refractivity contribution is -0.143. The number of carbonyl (C=O) groups excluding carboxylic acids is 1. The Morgan fingerprint density at radius 3 is 2.52 bits per heavy atom. The molecule has 1 amide bonds. The van der Waals surface area contributed by atoms with Crippen molar-refractivity contribution in [1.82, 2.24) is 9.80 Å². The second-order valence-electron chi connectivity index (χ2n) is 9.21. The molecule has 1 aromatic rings. The van der Waals surface area contributed by atoms with Gasteiger partial charge in [0.1, 0.15) is 5.72 Å². The van der Waals surface area contributed by atoms with E-state index in [4.69, 9.17) is 4.74 Å². The Morgan fingerprint density at radius 1 is 1.20 bits per heavy atom. The summed E-state index contributed by atoms with van der Waals surface area (Å²) in [6, 6.07) is 11.1. The summed E-state index contributed by atoms with van der Waals surface area (Å²) in [6.07, 6.45) is 0. The maximum Gasteiger partial charge on any atom is 0.230 e. The summed E-state index contributed by atoms with van der Waals surface area (Å²) >= 11 is 0. The lowest BCUT2D eigenvalue weighted by Crippen LogP contribution is -2.51. The standard InChI is InChI=1S/C21H30N2O2/c1-14(15-9-7-6-8-10-15)22-11-16-17(12-22)21(5)23(19(16)24)18(13-25-21)20(2,3)4/h6-10,14,16-18H,11-13H2,1-5H3/t14-,16+,17-,18-,21-/m1/s1. The highest BCUT2D eigenvalue weighted by Gasteiger charge is 2.66. The molecule has 0 bridgehead atoms. The van der Waals surface area contributed by atoms with Gasteiger partial charge in [0.15, 0.2) is 0 Å². The van der Waals surface area contributed by atoms with Gasteiger partial charge < -0.3 is 9.64 Å². The van der Waals surface area contributed by atoms with Crippen LogP contribution < -0.4 is 0 Å². The third kappa shape index (κ3) is 2.45. The van der Waals surface area contributed by atoms with Crippen LogP contribution >= 0.6 is 0 Å². The highest BCUT2D eigenvalue weighted by molar-refractivity contribution is 5.84. The number of amides is 1. The van der Waals surface area contributed by atoms with E-state index in [-0.39, 0.29) is 23.3 Å². The van der Waals surface area contributed by atoms with Crippen molar-refractivity contribution in [3.05, 3.63) is 35.9 Å². The number of ether oxygens (including phenoxy) is 1. The molecule has 0 aromatic heterocycles. The highest BCUT2D eigenvalue weighted by atomic mass is 16.5. The molecular formula is C21H30N2O2. The van der Waals surface area contributed by atoms with Crippen molar-refractivity contribution in [2.45, 2.75) is 52.4 Å². The molecule has 3 aliphatic heterocycles. The van der Waals surface area contributed by atoms with Crippen LogP contribution in [0.5, 0.6) is 0 Å². The minimum atomic E-state index is -0.440. The van der Waals surface area contributed by atoms with E-state index in [9.17, 15) is 4.79 Å². The predicted molar refractivity (Wildman–Crippen MR) is 97.9 cm³/mol. The van der Waals surface area contributed by atoms with E-state index in [0.29, 0.717) is 18.6 Å². The largest absolute Gasteiger partial charge is 0.353 e. The summed E-state index contributed by atoms with van der Waals surface area (Å²) in [4.78, 5) is 17.8. The molecular weight excluding hydrogens is 312 g/mol. The third-order valence-corrected chi connectivity index (χ3v) is 6.74. The Bertz CT molecular complexity index is 668. The molecule has 1 aromatic carbocycles. The van der Waals surface area contributed by atoms with Gasteiger partial charge in [-0.25, -0.2) is 0 Å². The molecule has 0 unspecified atom stereocenters. The number of rotatable bonds is 2. The number of fused-ring (bicyclic) bond motifs is 3. The van der Waals surface area contributed by atoms with Gasteiger partial charge in [-0.1, -0.05) is 51.1 Å². The SMILES string of the molecule is C[C@H](c1ccccc1)N1C[C@@H]2C(=O)N3[C@@H](C(C)(C)C)CO[C@]3(C)[C@@H]2C1. The van der Waals surface area contributed by atoms with E-state index >= 15 is 0 Å². The molecule has 25 heavy (non-hydrogen) atoms. The van der Waals surface area contributed by atoms with Gasteiger partial charge in [-0.3, -0.25) is 9.69 Å². The fourth-order valence-electron chi connectivity index (χ4n) is 5.06. The third-order valence-electron chi connectivity index (χ3n) is 6.74. The Labute approximate surface area is 151 Å². The first-order chi connectivity index (χ1) is 11.7. The Hall–Kier alpha value is -1.39. The summed E-state index contributed by atoms with van der Waals surface area (Å²) in [5.41, 5.74) is 0.922. The predicted octanol–water partition coefficient (Wildman–Crippen LogP) is 3.30.